The van der Waals surface area contributed by atoms with Crippen molar-refractivity contribution in [3.63, 3.8) is 0 Å². The Balaban J connectivity index is 2.31. The Kier molecular flexibility index (Phi) is 4.30. The summed E-state index contributed by atoms with van der Waals surface area (Å²) in [5, 5.41) is 9.33. The van der Waals surface area contributed by atoms with Crippen LogP contribution < -0.4 is 10.6 Å². The van der Waals surface area contributed by atoms with E-state index in [1.807, 2.05) is 42.2 Å². The fourth-order valence-electron chi connectivity index (χ4n) is 1.96. The third-order valence-electron chi connectivity index (χ3n) is 2.95. The van der Waals surface area contributed by atoms with Gasteiger partial charge in [-0.2, -0.15) is 0 Å². The minimum absolute atomic E-state index is 0.148. The summed E-state index contributed by atoms with van der Waals surface area (Å²) in [6.45, 7) is 3.25. The highest BCUT2D eigenvalue weighted by Gasteiger charge is 2.11. The minimum Gasteiger partial charge on any atom is -0.391 e. The topological polar surface area (TPSA) is 69.2 Å². The predicted molar refractivity (Wildman–Crippen MR) is 73.9 cm³/mol. The molecule has 19 heavy (non-hydrogen) atoms. The smallest absolute Gasteiger partial charge is 0.346 e. The van der Waals surface area contributed by atoms with Gasteiger partial charge < -0.3 is 10.0 Å². The normalized spacial score (nSPS) is 10.4. The number of H-pyrrole nitrogens is 1. The molecular formula is C14H17N3O2. The zero-order valence-corrected chi connectivity index (χ0v) is 10.8. The maximum Gasteiger partial charge on any atom is 0.346 e. The van der Waals surface area contributed by atoms with Crippen LogP contribution in [-0.2, 0) is 13.2 Å². The van der Waals surface area contributed by atoms with Gasteiger partial charge in [-0.15, -0.1) is 0 Å². The van der Waals surface area contributed by atoms with E-state index in [0.29, 0.717) is 17.9 Å². The quantitative estimate of drug-likeness (QED) is 0.849. The van der Waals surface area contributed by atoms with Gasteiger partial charge in [-0.05, 0) is 12.5 Å². The maximum atomic E-state index is 11.4. The number of aromatic nitrogens is 2. The van der Waals surface area contributed by atoms with Crippen molar-refractivity contribution in [3.8, 4) is 0 Å². The SMILES string of the molecule is CCN(Cc1ccccc1)c1[nH]c(=O)ncc1CO. The Morgan fingerprint density at radius 3 is 2.68 bits per heavy atom. The van der Waals surface area contributed by atoms with Gasteiger partial charge in [0, 0.05) is 24.8 Å². The number of nitrogens with zero attached hydrogens (tertiary/aromatic N) is 2. The summed E-state index contributed by atoms with van der Waals surface area (Å²) in [7, 11) is 0. The highest BCUT2D eigenvalue weighted by Crippen LogP contribution is 2.17. The Labute approximate surface area is 111 Å². The van der Waals surface area contributed by atoms with Gasteiger partial charge in [0.25, 0.3) is 0 Å². The fraction of sp³-hybridized carbons (Fsp3) is 0.286. The molecule has 0 saturated heterocycles. The molecule has 2 aromatic rings. The number of hydrogen-bond acceptors (Lipinski definition) is 4. The van der Waals surface area contributed by atoms with Crippen molar-refractivity contribution in [2.24, 2.45) is 0 Å². The van der Waals surface area contributed by atoms with Gasteiger partial charge in [0.1, 0.15) is 5.82 Å². The van der Waals surface area contributed by atoms with Crippen LogP contribution >= 0.6 is 0 Å². The van der Waals surface area contributed by atoms with E-state index in [0.717, 1.165) is 12.1 Å². The van der Waals surface area contributed by atoms with Gasteiger partial charge in [-0.25, -0.2) is 9.78 Å². The number of anilines is 1. The molecule has 2 N–H and O–H groups in total. The minimum atomic E-state index is -0.404. The molecule has 0 aliphatic rings. The number of aromatic amines is 1. The molecule has 0 aliphatic heterocycles. The van der Waals surface area contributed by atoms with E-state index < -0.39 is 5.69 Å². The van der Waals surface area contributed by atoms with Crippen molar-refractivity contribution in [3.05, 3.63) is 58.1 Å². The van der Waals surface area contributed by atoms with Crippen molar-refractivity contribution in [2.75, 3.05) is 11.4 Å². The molecule has 5 heteroatoms. The first-order valence-electron chi connectivity index (χ1n) is 6.22. The van der Waals surface area contributed by atoms with Crippen LogP contribution in [0.5, 0.6) is 0 Å². The Morgan fingerprint density at radius 2 is 2.05 bits per heavy atom. The average molecular weight is 259 g/mol. The van der Waals surface area contributed by atoms with Crippen LogP contribution in [0.4, 0.5) is 5.82 Å². The molecule has 100 valence electrons. The van der Waals surface area contributed by atoms with Crippen molar-refractivity contribution < 1.29 is 5.11 Å². The van der Waals surface area contributed by atoms with Crippen LogP contribution in [0.3, 0.4) is 0 Å². The lowest BCUT2D eigenvalue weighted by atomic mass is 10.2. The fourth-order valence-corrected chi connectivity index (χ4v) is 1.96. The highest BCUT2D eigenvalue weighted by atomic mass is 16.3. The molecule has 0 radical (unpaired) electrons. The van der Waals surface area contributed by atoms with E-state index >= 15 is 0 Å². The lowest BCUT2D eigenvalue weighted by Gasteiger charge is -2.24. The molecule has 0 atom stereocenters. The Bertz CT molecular complexity index is 581. The second-order valence-corrected chi connectivity index (χ2v) is 4.22. The van der Waals surface area contributed by atoms with Crippen LogP contribution in [-0.4, -0.2) is 21.6 Å². The molecule has 0 bridgehead atoms. The molecule has 0 saturated carbocycles. The van der Waals surface area contributed by atoms with E-state index in [2.05, 4.69) is 9.97 Å². The average Bonchev–Trinajstić information content (AvgIpc) is 2.46. The zero-order valence-electron chi connectivity index (χ0n) is 10.8. The summed E-state index contributed by atoms with van der Waals surface area (Å²) in [6, 6.07) is 9.98. The van der Waals surface area contributed by atoms with E-state index in [9.17, 15) is 9.90 Å². The first-order valence-corrected chi connectivity index (χ1v) is 6.22. The highest BCUT2D eigenvalue weighted by molar-refractivity contribution is 5.45. The summed E-state index contributed by atoms with van der Waals surface area (Å²) >= 11 is 0. The van der Waals surface area contributed by atoms with E-state index in [1.54, 1.807) is 0 Å². The first kappa shape index (κ1) is 13.3. The molecule has 0 amide bonds. The van der Waals surface area contributed by atoms with Crippen LogP contribution in [0.1, 0.15) is 18.1 Å². The van der Waals surface area contributed by atoms with Gasteiger partial charge in [-0.3, -0.25) is 4.98 Å². The van der Waals surface area contributed by atoms with E-state index in [4.69, 9.17) is 0 Å². The molecule has 1 aromatic carbocycles. The Hall–Kier alpha value is -2.14. The van der Waals surface area contributed by atoms with Crippen LogP contribution in [0.25, 0.3) is 0 Å². The monoisotopic (exact) mass is 259 g/mol. The molecule has 1 aromatic heterocycles. The maximum absolute atomic E-state index is 11.4. The predicted octanol–water partition coefficient (Wildman–Crippen LogP) is 1.29. The summed E-state index contributed by atoms with van der Waals surface area (Å²) < 4.78 is 0. The molecule has 1 heterocycles. The number of benzene rings is 1. The summed E-state index contributed by atoms with van der Waals surface area (Å²) in [5.74, 6) is 0.633. The van der Waals surface area contributed by atoms with Crippen LogP contribution in [0.2, 0.25) is 0 Å². The number of rotatable bonds is 5. The Morgan fingerprint density at radius 1 is 1.32 bits per heavy atom. The number of hydrogen-bond donors (Lipinski definition) is 2. The molecule has 0 fully saturated rings. The molecule has 0 aliphatic carbocycles. The number of aliphatic hydroxyl groups is 1. The molecule has 2 rings (SSSR count). The van der Waals surface area contributed by atoms with Gasteiger partial charge in [0.2, 0.25) is 0 Å². The summed E-state index contributed by atoms with van der Waals surface area (Å²) in [4.78, 5) is 19.7. The van der Waals surface area contributed by atoms with Gasteiger partial charge in [0.05, 0.1) is 6.61 Å². The van der Waals surface area contributed by atoms with Crippen molar-refractivity contribution >= 4 is 5.82 Å². The molecule has 0 unspecified atom stereocenters. The molecule has 0 spiro atoms. The lowest BCUT2D eigenvalue weighted by molar-refractivity contribution is 0.281. The number of aliphatic hydroxyl groups excluding tert-OH is 1. The molecule has 5 nitrogen and oxygen atoms in total. The third kappa shape index (κ3) is 3.20. The van der Waals surface area contributed by atoms with Crippen molar-refractivity contribution in [1.29, 1.82) is 0 Å². The summed E-state index contributed by atoms with van der Waals surface area (Å²) in [6.07, 6.45) is 1.42. The van der Waals surface area contributed by atoms with E-state index in [1.165, 1.54) is 6.20 Å². The molecular weight excluding hydrogens is 242 g/mol. The summed E-state index contributed by atoms with van der Waals surface area (Å²) in [5.41, 5.74) is 1.36. The second-order valence-electron chi connectivity index (χ2n) is 4.22. The zero-order chi connectivity index (χ0) is 13.7. The van der Waals surface area contributed by atoms with Crippen LogP contribution in [0, 0.1) is 0 Å². The third-order valence-corrected chi connectivity index (χ3v) is 2.95. The lowest BCUT2D eigenvalue weighted by Crippen LogP contribution is -2.27. The largest absolute Gasteiger partial charge is 0.391 e. The number of nitrogens with one attached hydrogen (secondary N) is 1. The standard InChI is InChI=1S/C14H17N3O2/c1-2-17(9-11-6-4-3-5-7-11)13-12(10-18)8-15-14(19)16-13/h3-8,18H,2,9-10H2,1H3,(H,15,16,19). The van der Waals surface area contributed by atoms with Gasteiger partial charge >= 0.3 is 5.69 Å². The second kappa shape index (κ2) is 6.15. The van der Waals surface area contributed by atoms with Gasteiger partial charge in [-0.1, -0.05) is 30.3 Å². The van der Waals surface area contributed by atoms with E-state index in [-0.39, 0.29) is 6.61 Å². The first-order chi connectivity index (χ1) is 9.24. The van der Waals surface area contributed by atoms with Crippen molar-refractivity contribution in [1.82, 2.24) is 9.97 Å². The van der Waals surface area contributed by atoms with Crippen molar-refractivity contribution in [2.45, 2.75) is 20.1 Å². The van der Waals surface area contributed by atoms with Gasteiger partial charge in [0.15, 0.2) is 0 Å². The van der Waals surface area contributed by atoms with Crippen LogP contribution in [0.15, 0.2) is 41.3 Å².